The molecule has 0 aliphatic heterocycles. The molecule has 4 rings (SSSR count). The first-order chi connectivity index (χ1) is 10.8. The van der Waals surface area contributed by atoms with Gasteiger partial charge in [-0.1, -0.05) is 53.3 Å². The number of rotatable bonds is 3. The van der Waals surface area contributed by atoms with Gasteiger partial charge in [-0.05, 0) is 29.8 Å². The topological polar surface area (TPSA) is 43.1 Å². The molecule has 0 saturated heterocycles. The van der Waals surface area contributed by atoms with E-state index in [1.807, 2.05) is 42.5 Å². The van der Waals surface area contributed by atoms with Crippen LogP contribution in [0.25, 0.3) is 16.3 Å². The Morgan fingerprint density at radius 2 is 1.73 bits per heavy atom. The minimum atomic E-state index is 0.701. The van der Waals surface area contributed by atoms with Crippen molar-refractivity contribution in [1.82, 2.24) is 19.8 Å². The van der Waals surface area contributed by atoms with Crippen molar-refractivity contribution in [3.05, 3.63) is 70.2 Å². The molecule has 0 atom stereocenters. The van der Waals surface area contributed by atoms with Crippen LogP contribution in [-0.4, -0.2) is 19.8 Å². The lowest BCUT2D eigenvalue weighted by Crippen LogP contribution is -1.93. The molecule has 108 valence electrons. The van der Waals surface area contributed by atoms with Crippen LogP contribution in [0.15, 0.2) is 54.6 Å². The highest BCUT2D eigenvalue weighted by Crippen LogP contribution is 2.24. The summed E-state index contributed by atoms with van der Waals surface area (Å²) in [4.78, 5) is 0.802. The van der Waals surface area contributed by atoms with Crippen LogP contribution in [0, 0.1) is 0 Å². The zero-order valence-electron chi connectivity index (χ0n) is 11.5. The van der Waals surface area contributed by atoms with Crippen LogP contribution in [0.4, 0.5) is 0 Å². The smallest absolute Gasteiger partial charge is 0.183 e. The van der Waals surface area contributed by atoms with Gasteiger partial charge in [-0.3, -0.25) is 0 Å². The molecule has 0 aliphatic carbocycles. The van der Waals surface area contributed by atoms with Crippen LogP contribution in [0.3, 0.4) is 0 Å². The fourth-order valence-corrected chi connectivity index (χ4v) is 3.27. The number of aromatic nitrogens is 4. The Bertz CT molecular complexity index is 912. The lowest BCUT2D eigenvalue weighted by Gasteiger charge is -1.97. The molecule has 2 aromatic carbocycles. The second kappa shape index (κ2) is 5.51. The standard InChI is InChI=1S/C16H11ClN4S/c17-13-8-6-12(7-9-13)15-18-19-16-21(15)20-14(22-16)10-11-4-2-1-3-5-11/h1-9H,10H2. The number of hydrogen-bond acceptors (Lipinski definition) is 4. The third kappa shape index (κ3) is 2.49. The molecule has 0 N–H and O–H groups in total. The van der Waals surface area contributed by atoms with Crippen molar-refractivity contribution in [3.63, 3.8) is 0 Å². The third-order valence-corrected chi connectivity index (χ3v) is 4.48. The average molecular weight is 327 g/mol. The Kier molecular flexibility index (Phi) is 3.36. The third-order valence-electron chi connectivity index (χ3n) is 3.33. The number of halogens is 1. The minimum Gasteiger partial charge on any atom is -0.183 e. The first kappa shape index (κ1) is 13.4. The zero-order valence-corrected chi connectivity index (χ0v) is 13.1. The summed E-state index contributed by atoms with van der Waals surface area (Å²) < 4.78 is 1.80. The van der Waals surface area contributed by atoms with Gasteiger partial charge in [0, 0.05) is 17.0 Å². The van der Waals surface area contributed by atoms with Gasteiger partial charge in [-0.25, -0.2) is 0 Å². The maximum absolute atomic E-state index is 5.93. The van der Waals surface area contributed by atoms with Gasteiger partial charge in [0.2, 0.25) is 4.96 Å². The molecular weight excluding hydrogens is 316 g/mol. The minimum absolute atomic E-state index is 0.701. The lowest BCUT2D eigenvalue weighted by molar-refractivity contribution is 0.918. The summed E-state index contributed by atoms with van der Waals surface area (Å²) in [6.07, 6.45) is 0.801. The zero-order chi connectivity index (χ0) is 14.9. The summed E-state index contributed by atoms with van der Waals surface area (Å²) in [7, 11) is 0. The van der Waals surface area contributed by atoms with Gasteiger partial charge in [0.1, 0.15) is 5.01 Å². The SMILES string of the molecule is Clc1ccc(-c2nnc3sc(Cc4ccccc4)nn23)cc1. The molecule has 0 aliphatic rings. The van der Waals surface area contributed by atoms with Gasteiger partial charge < -0.3 is 0 Å². The van der Waals surface area contributed by atoms with Gasteiger partial charge in [-0.2, -0.15) is 9.61 Å². The fraction of sp³-hybridized carbons (Fsp3) is 0.0625. The molecular formula is C16H11ClN4S. The van der Waals surface area contributed by atoms with Crippen LogP contribution in [0.1, 0.15) is 10.6 Å². The van der Waals surface area contributed by atoms with E-state index >= 15 is 0 Å². The summed E-state index contributed by atoms with van der Waals surface area (Å²) in [6.45, 7) is 0. The van der Waals surface area contributed by atoms with Gasteiger partial charge in [0.05, 0.1) is 0 Å². The largest absolute Gasteiger partial charge is 0.234 e. The molecule has 0 radical (unpaired) electrons. The molecule has 2 heterocycles. The molecule has 0 saturated carbocycles. The van der Waals surface area contributed by atoms with Crippen LogP contribution in [0.5, 0.6) is 0 Å². The van der Waals surface area contributed by atoms with Crippen LogP contribution in [0.2, 0.25) is 5.02 Å². The van der Waals surface area contributed by atoms with E-state index in [-0.39, 0.29) is 0 Å². The fourth-order valence-electron chi connectivity index (χ4n) is 2.28. The van der Waals surface area contributed by atoms with Gasteiger partial charge in [-0.15, -0.1) is 10.2 Å². The first-order valence-corrected chi connectivity index (χ1v) is 8.00. The molecule has 4 nitrogen and oxygen atoms in total. The molecule has 2 aromatic heterocycles. The summed E-state index contributed by atoms with van der Waals surface area (Å²) in [6, 6.07) is 17.8. The van der Waals surface area contributed by atoms with E-state index < -0.39 is 0 Å². The molecule has 0 amide bonds. The second-order valence-electron chi connectivity index (χ2n) is 4.88. The molecule has 0 fully saturated rings. The Balaban J connectivity index is 1.71. The Morgan fingerprint density at radius 1 is 0.955 bits per heavy atom. The van der Waals surface area contributed by atoms with E-state index in [9.17, 15) is 0 Å². The van der Waals surface area contributed by atoms with Gasteiger partial charge in [0.15, 0.2) is 5.82 Å². The van der Waals surface area contributed by atoms with Crippen LogP contribution in [-0.2, 0) is 6.42 Å². The van der Waals surface area contributed by atoms with E-state index in [2.05, 4.69) is 27.4 Å². The number of nitrogens with zero attached hydrogens (tertiary/aromatic N) is 4. The predicted octanol–water partition coefficient (Wildman–Crippen LogP) is 4.10. The Morgan fingerprint density at radius 3 is 2.50 bits per heavy atom. The summed E-state index contributed by atoms with van der Waals surface area (Å²) >= 11 is 7.49. The average Bonchev–Trinajstić information content (AvgIpc) is 3.09. The van der Waals surface area contributed by atoms with Crippen molar-refractivity contribution in [2.45, 2.75) is 6.42 Å². The molecule has 4 aromatic rings. The van der Waals surface area contributed by atoms with Gasteiger partial charge in [0.25, 0.3) is 0 Å². The molecule has 0 spiro atoms. The van der Waals surface area contributed by atoms with Crippen molar-refractivity contribution in [2.24, 2.45) is 0 Å². The van der Waals surface area contributed by atoms with Crippen LogP contribution < -0.4 is 0 Å². The number of hydrogen-bond donors (Lipinski definition) is 0. The molecule has 0 bridgehead atoms. The molecule has 6 heteroatoms. The molecule has 22 heavy (non-hydrogen) atoms. The highest BCUT2D eigenvalue weighted by molar-refractivity contribution is 7.16. The summed E-state index contributed by atoms with van der Waals surface area (Å²) in [5.74, 6) is 0.738. The second-order valence-corrected chi connectivity index (χ2v) is 6.36. The Hall–Kier alpha value is -2.24. The van der Waals surface area contributed by atoms with E-state index in [1.165, 1.54) is 5.56 Å². The highest BCUT2D eigenvalue weighted by Gasteiger charge is 2.13. The van der Waals surface area contributed by atoms with Gasteiger partial charge >= 0.3 is 0 Å². The van der Waals surface area contributed by atoms with Crippen molar-refractivity contribution in [3.8, 4) is 11.4 Å². The summed E-state index contributed by atoms with van der Waals surface area (Å²) in [5.41, 5.74) is 2.19. The van der Waals surface area contributed by atoms with E-state index in [4.69, 9.17) is 11.6 Å². The molecule has 0 unspecified atom stereocenters. The number of benzene rings is 2. The van der Waals surface area contributed by atoms with E-state index in [0.717, 1.165) is 27.8 Å². The monoisotopic (exact) mass is 326 g/mol. The lowest BCUT2D eigenvalue weighted by atomic mass is 10.2. The van der Waals surface area contributed by atoms with Crippen molar-refractivity contribution >= 4 is 27.9 Å². The van der Waals surface area contributed by atoms with E-state index in [1.54, 1.807) is 15.9 Å². The quantitative estimate of drug-likeness (QED) is 0.569. The predicted molar refractivity (Wildman–Crippen MR) is 88.4 cm³/mol. The maximum atomic E-state index is 5.93. The first-order valence-electron chi connectivity index (χ1n) is 6.80. The van der Waals surface area contributed by atoms with Crippen LogP contribution >= 0.6 is 22.9 Å². The Labute approximate surface area is 136 Å². The summed E-state index contributed by atoms with van der Waals surface area (Å²) in [5, 5.41) is 14.8. The van der Waals surface area contributed by atoms with Crippen molar-refractivity contribution in [1.29, 1.82) is 0 Å². The van der Waals surface area contributed by atoms with Crippen molar-refractivity contribution in [2.75, 3.05) is 0 Å². The van der Waals surface area contributed by atoms with Crippen molar-refractivity contribution < 1.29 is 0 Å². The number of fused-ring (bicyclic) bond motifs is 1. The normalized spacial score (nSPS) is 11.1. The maximum Gasteiger partial charge on any atom is 0.234 e. The highest BCUT2D eigenvalue weighted by atomic mass is 35.5. The van der Waals surface area contributed by atoms with E-state index in [0.29, 0.717) is 5.02 Å².